The Bertz CT molecular complexity index is 912. The average Bonchev–Trinajstić information content (AvgIpc) is 3.04. The molecule has 0 unspecified atom stereocenters. The third-order valence-electron chi connectivity index (χ3n) is 4.10. The number of benzene rings is 2. The third-order valence-corrected chi connectivity index (χ3v) is 5.07. The number of thioether (sulfide) groups is 1. The highest BCUT2D eigenvalue weighted by molar-refractivity contribution is 7.99. The molecule has 0 aliphatic carbocycles. The summed E-state index contributed by atoms with van der Waals surface area (Å²) in [5.41, 5.74) is 2.32. The minimum Gasteiger partial charge on any atom is -0.492 e. The number of nitrogens with one attached hydrogen (secondary N) is 1. The molecule has 1 amide bonds. The SMILES string of the molecule is Cc1cccc(OCCNC(=O)CSc2nnc(C)n2Cc2ccccc2)c1. The van der Waals surface area contributed by atoms with E-state index < -0.39 is 0 Å². The van der Waals surface area contributed by atoms with Crippen LogP contribution in [0.2, 0.25) is 0 Å². The number of hydrogen-bond acceptors (Lipinski definition) is 5. The highest BCUT2D eigenvalue weighted by Crippen LogP contribution is 2.18. The van der Waals surface area contributed by atoms with Crippen LogP contribution in [0.15, 0.2) is 59.8 Å². The van der Waals surface area contributed by atoms with Gasteiger partial charge in [-0.1, -0.05) is 54.2 Å². The zero-order valence-electron chi connectivity index (χ0n) is 16.1. The van der Waals surface area contributed by atoms with Gasteiger partial charge in [0.2, 0.25) is 5.91 Å². The number of aryl methyl sites for hydroxylation is 2. The van der Waals surface area contributed by atoms with Gasteiger partial charge in [0.05, 0.1) is 18.8 Å². The van der Waals surface area contributed by atoms with Crippen LogP contribution in [0.1, 0.15) is 17.0 Å². The van der Waals surface area contributed by atoms with Gasteiger partial charge in [0.15, 0.2) is 5.16 Å². The first-order valence-corrected chi connectivity index (χ1v) is 10.1. The van der Waals surface area contributed by atoms with Crippen LogP contribution in [0.5, 0.6) is 5.75 Å². The molecule has 0 bridgehead atoms. The second-order valence-electron chi connectivity index (χ2n) is 6.41. The van der Waals surface area contributed by atoms with Crippen molar-refractivity contribution in [3.8, 4) is 5.75 Å². The van der Waals surface area contributed by atoms with E-state index in [0.717, 1.165) is 22.3 Å². The van der Waals surface area contributed by atoms with Gasteiger partial charge in [0, 0.05) is 0 Å². The molecule has 0 radical (unpaired) electrons. The zero-order chi connectivity index (χ0) is 19.8. The smallest absolute Gasteiger partial charge is 0.230 e. The zero-order valence-corrected chi connectivity index (χ0v) is 16.9. The highest BCUT2D eigenvalue weighted by Gasteiger charge is 2.12. The summed E-state index contributed by atoms with van der Waals surface area (Å²) in [4.78, 5) is 12.1. The van der Waals surface area contributed by atoms with Crippen molar-refractivity contribution in [2.45, 2.75) is 25.5 Å². The minimum absolute atomic E-state index is 0.0512. The Balaban J connectivity index is 1.43. The van der Waals surface area contributed by atoms with Crippen LogP contribution >= 0.6 is 11.8 Å². The van der Waals surface area contributed by atoms with Gasteiger partial charge in [-0.25, -0.2) is 0 Å². The lowest BCUT2D eigenvalue weighted by Crippen LogP contribution is -2.29. The van der Waals surface area contributed by atoms with E-state index in [-0.39, 0.29) is 11.7 Å². The molecule has 0 aliphatic heterocycles. The second kappa shape index (κ2) is 9.94. The summed E-state index contributed by atoms with van der Waals surface area (Å²) in [5.74, 6) is 1.88. The fourth-order valence-electron chi connectivity index (χ4n) is 2.66. The molecule has 2 aromatic carbocycles. The molecule has 0 aliphatic rings. The molecule has 1 heterocycles. The molecule has 0 spiro atoms. The van der Waals surface area contributed by atoms with Crippen molar-refractivity contribution in [2.75, 3.05) is 18.9 Å². The van der Waals surface area contributed by atoms with E-state index in [1.807, 2.05) is 60.9 Å². The molecule has 1 N–H and O–H groups in total. The van der Waals surface area contributed by atoms with E-state index in [0.29, 0.717) is 19.7 Å². The van der Waals surface area contributed by atoms with Crippen molar-refractivity contribution >= 4 is 17.7 Å². The fraction of sp³-hybridized carbons (Fsp3) is 0.286. The van der Waals surface area contributed by atoms with Crippen LogP contribution < -0.4 is 10.1 Å². The Morgan fingerprint density at radius 1 is 1.11 bits per heavy atom. The Kier molecular flexibility index (Phi) is 7.08. The molecule has 1 aromatic heterocycles. The first-order valence-electron chi connectivity index (χ1n) is 9.14. The van der Waals surface area contributed by atoms with Crippen LogP contribution in [0, 0.1) is 13.8 Å². The summed E-state index contributed by atoms with van der Waals surface area (Å²) in [5, 5.41) is 12.0. The number of aromatic nitrogens is 3. The van der Waals surface area contributed by atoms with Crippen LogP contribution in [0.3, 0.4) is 0 Å². The number of ether oxygens (including phenoxy) is 1. The number of nitrogens with zero attached hydrogens (tertiary/aromatic N) is 3. The van der Waals surface area contributed by atoms with Crippen LogP contribution in [-0.2, 0) is 11.3 Å². The number of hydrogen-bond donors (Lipinski definition) is 1. The van der Waals surface area contributed by atoms with E-state index in [1.165, 1.54) is 17.3 Å². The molecular formula is C21H24N4O2S. The van der Waals surface area contributed by atoms with Gasteiger partial charge in [0.1, 0.15) is 18.2 Å². The van der Waals surface area contributed by atoms with Crippen molar-refractivity contribution in [3.63, 3.8) is 0 Å². The first-order chi connectivity index (χ1) is 13.6. The van der Waals surface area contributed by atoms with Gasteiger partial charge < -0.3 is 14.6 Å². The maximum Gasteiger partial charge on any atom is 0.230 e. The maximum atomic E-state index is 12.1. The van der Waals surface area contributed by atoms with E-state index in [2.05, 4.69) is 27.6 Å². The van der Waals surface area contributed by atoms with Gasteiger partial charge in [0.25, 0.3) is 0 Å². The summed E-state index contributed by atoms with van der Waals surface area (Å²) in [7, 11) is 0. The number of carbonyl (C=O) groups excluding carboxylic acids is 1. The van der Waals surface area contributed by atoms with Crippen molar-refractivity contribution in [2.24, 2.45) is 0 Å². The first kappa shape index (κ1) is 19.9. The van der Waals surface area contributed by atoms with Gasteiger partial charge in [-0.2, -0.15) is 0 Å². The normalized spacial score (nSPS) is 10.6. The quantitative estimate of drug-likeness (QED) is 0.444. The van der Waals surface area contributed by atoms with E-state index >= 15 is 0 Å². The number of rotatable bonds is 9. The monoisotopic (exact) mass is 396 g/mol. The van der Waals surface area contributed by atoms with Crippen molar-refractivity contribution < 1.29 is 9.53 Å². The lowest BCUT2D eigenvalue weighted by molar-refractivity contribution is -0.118. The Morgan fingerprint density at radius 2 is 1.93 bits per heavy atom. The minimum atomic E-state index is -0.0512. The molecule has 146 valence electrons. The van der Waals surface area contributed by atoms with Crippen molar-refractivity contribution in [3.05, 3.63) is 71.5 Å². The molecule has 0 fully saturated rings. The highest BCUT2D eigenvalue weighted by atomic mass is 32.2. The molecule has 3 aromatic rings. The molecular weight excluding hydrogens is 372 g/mol. The summed E-state index contributed by atoms with van der Waals surface area (Å²) in [6.07, 6.45) is 0. The van der Waals surface area contributed by atoms with Crippen molar-refractivity contribution in [1.29, 1.82) is 0 Å². The van der Waals surface area contributed by atoms with Gasteiger partial charge in [-0.15, -0.1) is 10.2 Å². The third kappa shape index (κ3) is 5.85. The molecule has 0 atom stereocenters. The molecule has 0 saturated carbocycles. The standard InChI is InChI=1S/C21H24N4O2S/c1-16-7-6-10-19(13-16)27-12-11-22-20(26)15-28-21-24-23-17(2)25(21)14-18-8-4-3-5-9-18/h3-10,13H,11-12,14-15H2,1-2H3,(H,22,26). The fourth-order valence-corrected chi connectivity index (χ4v) is 3.48. The van der Waals surface area contributed by atoms with Gasteiger partial charge in [-0.05, 0) is 37.1 Å². The predicted molar refractivity (Wildman–Crippen MR) is 111 cm³/mol. The lowest BCUT2D eigenvalue weighted by Gasteiger charge is -2.09. The number of carbonyl (C=O) groups is 1. The second-order valence-corrected chi connectivity index (χ2v) is 7.35. The average molecular weight is 397 g/mol. The topological polar surface area (TPSA) is 69.0 Å². The molecule has 0 saturated heterocycles. The maximum absolute atomic E-state index is 12.1. The summed E-state index contributed by atoms with van der Waals surface area (Å²) in [6, 6.07) is 18.0. The summed E-state index contributed by atoms with van der Waals surface area (Å²) in [6.45, 7) is 5.52. The molecule has 3 rings (SSSR count). The molecule has 7 heteroatoms. The van der Waals surface area contributed by atoms with E-state index in [9.17, 15) is 4.79 Å². The Morgan fingerprint density at radius 3 is 2.71 bits per heavy atom. The Hall–Kier alpha value is -2.80. The van der Waals surface area contributed by atoms with Crippen LogP contribution in [-0.4, -0.2) is 39.6 Å². The van der Waals surface area contributed by atoms with Crippen LogP contribution in [0.4, 0.5) is 0 Å². The Labute approximate surface area is 169 Å². The molecule has 6 nitrogen and oxygen atoms in total. The van der Waals surface area contributed by atoms with Crippen LogP contribution in [0.25, 0.3) is 0 Å². The lowest BCUT2D eigenvalue weighted by atomic mass is 10.2. The summed E-state index contributed by atoms with van der Waals surface area (Å²) < 4.78 is 7.66. The van der Waals surface area contributed by atoms with E-state index in [1.54, 1.807) is 0 Å². The largest absolute Gasteiger partial charge is 0.492 e. The summed E-state index contributed by atoms with van der Waals surface area (Å²) >= 11 is 1.39. The van der Waals surface area contributed by atoms with Gasteiger partial charge >= 0.3 is 0 Å². The predicted octanol–water partition coefficient (Wildman–Crippen LogP) is 3.23. The van der Waals surface area contributed by atoms with Gasteiger partial charge in [-0.3, -0.25) is 4.79 Å². The number of amides is 1. The molecule has 28 heavy (non-hydrogen) atoms. The van der Waals surface area contributed by atoms with Crippen molar-refractivity contribution in [1.82, 2.24) is 20.1 Å². The van der Waals surface area contributed by atoms with E-state index in [4.69, 9.17) is 4.74 Å².